The Hall–Kier alpha value is -1.58. The zero-order valence-electron chi connectivity index (χ0n) is 10.6. The van der Waals surface area contributed by atoms with Crippen molar-refractivity contribution in [2.45, 2.75) is 13.0 Å². The van der Waals surface area contributed by atoms with E-state index in [-0.39, 0.29) is 18.3 Å². The highest BCUT2D eigenvalue weighted by atomic mass is 35.5. The van der Waals surface area contributed by atoms with Crippen LogP contribution in [0, 0.1) is 0 Å². The van der Waals surface area contributed by atoms with Gasteiger partial charge in [-0.25, -0.2) is 0 Å². The van der Waals surface area contributed by atoms with Gasteiger partial charge < -0.3 is 9.84 Å². The molecule has 0 aliphatic heterocycles. The van der Waals surface area contributed by atoms with Crippen LogP contribution in [0.3, 0.4) is 0 Å². The van der Waals surface area contributed by atoms with Crippen LogP contribution >= 0.6 is 11.6 Å². The number of carbonyl (C=O) groups is 1. The quantitative estimate of drug-likeness (QED) is 0.675. The summed E-state index contributed by atoms with van der Waals surface area (Å²) >= 11 is 5.62. The molecule has 2 aromatic rings. The van der Waals surface area contributed by atoms with Gasteiger partial charge in [-0.1, -0.05) is 24.3 Å². The van der Waals surface area contributed by atoms with Gasteiger partial charge in [0.05, 0.1) is 12.0 Å². The maximum Gasteiger partial charge on any atom is 0.178 e. The van der Waals surface area contributed by atoms with E-state index in [0.717, 1.165) is 10.8 Å². The number of halogens is 1. The molecule has 0 bridgehead atoms. The van der Waals surface area contributed by atoms with E-state index in [1.807, 2.05) is 24.3 Å². The van der Waals surface area contributed by atoms with Crippen LogP contribution in [-0.2, 0) is 0 Å². The molecule has 2 aromatic carbocycles. The molecule has 0 aliphatic carbocycles. The van der Waals surface area contributed by atoms with E-state index < -0.39 is 6.10 Å². The fourth-order valence-electron chi connectivity index (χ4n) is 1.92. The van der Waals surface area contributed by atoms with E-state index in [4.69, 9.17) is 16.3 Å². The lowest BCUT2D eigenvalue weighted by Gasteiger charge is -2.12. The van der Waals surface area contributed by atoms with Gasteiger partial charge in [0.1, 0.15) is 12.4 Å². The van der Waals surface area contributed by atoms with Crippen molar-refractivity contribution in [1.29, 1.82) is 0 Å². The molecule has 1 N–H and O–H groups in total. The third kappa shape index (κ3) is 3.06. The second-order valence-corrected chi connectivity index (χ2v) is 4.64. The topological polar surface area (TPSA) is 46.5 Å². The highest BCUT2D eigenvalue weighted by Crippen LogP contribution is 2.29. The molecule has 1 unspecified atom stereocenters. The SMILES string of the molecule is CC(O)COc1ccc(C(=O)CCl)c2ccccc12. The van der Waals surface area contributed by atoms with Gasteiger partial charge in [0.15, 0.2) is 5.78 Å². The van der Waals surface area contributed by atoms with Gasteiger partial charge in [0.2, 0.25) is 0 Å². The maximum atomic E-state index is 11.8. The lowest BCUT2D eigenvalue weighted by molar-refractivity contribution is 0.102. The number of aliphatic hydroxyl groups is 1. The molecule has 1 atom stereocenters. The van der Waals surface area contributed by atoms with E-state index in [0.29, 0.717) is 11.3 Å². The van der Waals surface area contributed by atoms with E-state index in [1.54, 1.807) is 19.1 Å². The maximum absolute atomic E-state index is 11.8. The fraction of sp³-hybridized carbons (Fsp3) is 0.267. The summed E-state index contributed by atoms with van der Waals surface area (Å²) in [5.41, 5.74) is 0.593. The normalized spacial score (nSPS) is 12.4. The summed E-state index contributed by atoms with van der Waals surface area (Å²) in [6, 6.07) is 11.0. The van der Waals surface area contributed by atoms with Crippen LogP contribution in [0.25, 0.3) is 10.8 Å². The molecule has 4 heteroatoms. The first-order chi connectivity index (χ1) is 9.13. The molecule has 0 aliphatic rings. The van der Waals surface area contributed by atoms with Crippen molar-refractivity contribution in [3.8, 4) is 5.75 Å². The van der Waals surface area contributed by atoms with E-state index in [9.17, 15) is 9.90 Å². The van der Waals surface area contributed by atoms with Crippen LogP contribution in [0.5, 0.6) is 5.75 Å². The molecule has 0 saturated heterocycles. The molecule has 0 heterocycles. The summed E-state index contributed by atoms with van der Waals surface area (Å²) in [5.74, 6) is 0.500. The highest BCUT2D eigenvalue weighted by molar-refractivity contribution is 6.32. The molecule has 0 amide bonds. The molecule has 3 nitrogen and oxygen atoms in total. The smallest absolute Gasteiger partial charge is 0.178 e. The number of benzene rings is 2. The second-order valence-electron chi connectivity index (χ2n) is 4.37. The summed E-state index contributed by atoms with van der Waals surface area (Å²) in [6.07, 6.45) is -0.539. The first-order valence-electron chi connectivity index (χ1n) is 6.05. The molecule has 0 spiro atoms. The highest BCUT2D eigenvalue weighted by Gasteiger charge is 2.12. The lowest BCUT2D eigenvalue weighted by Crippen LogP contribution is -2.13. The number of ketones is 1. The minimum absolute atomic E-state index is 0.0438. The van der Waals surface area contributed by atoms with Gasteiger partial charge in [0.25, 0.3) is 0 Å². The second kappa shape index (κ2) is 6.04. The first-order valence-corrected chi connectivity index (χ1v) is 6.58. The van der Waals surface area contributed by atoms with Crippen LogP contribution in [0.15, 0.2) is 36.4 Å². The predicted octanol–water partition coefficient (Wildman–Crippen LogP) is 3.02. The van der Waals surface area contributed by atoms with Gasteiger partial charge >= 0.3 is 0 Å². The molecule has 2 rings (SSSR count). The Bertz CT molecular complexity index is 593. The standard InChI is InChI=1S/C15H15ClO3/c1-10(17)9-19-15-7-6-12(14(18)8-16)11-4-2-3-5-13(11)15/h2-7,10,17H,8-9H2,1H3. The van der Waals surface area contributed by atoms with Gasteiger partial charge in [-0.2, -0.15) is 0 Å². The molecule has 19 heavy (non-hydrogen) atoms. The number of alkyl halides is 1. The zero-order valence-corrected chi connectivity index (χ0v) is 11.4. The Kier molecular flexibility index (Phi) is 4.40. The minimum Gasteiger partial charge on any atom is -0.490 e. The molecule has 0 fully saturated rings. The van der Waals surface area contributed by atoms with Crippen molar-refractivity contribution in [3.63, 3.8) is 0 Å². The van der Waals surface area contributed by atoms with Crippen molar-refractivity contribution in [2.24, 2.45) is 0 Å². The van der Waals surface area contributed by atoms with Crippen molar-refractivity contribution in [2.75, 3.05) is 12.5 Å². The molecule has 0 saturated carbocycles. The van der Waals surface area contributed by atoms with E-state index in [2.05, 4.69) is 0 Å². The number of fused-ring (bicyclic) bond motifs is 1. The lowest BCUT2D eigenvalue weighted by atomic mass is 10.0. The van der Waals surface area contributed by atoms with Crippen molar-refractivity contribution < 1.29 is 14.6 Å². The zero-order chi connectivity index (χ0) is 13.8. The Labute approximate surface area is 116 Å². The fourth-order valence-corrected chi connectivity index (χ4v) is 2.07. The third-order valence-electron chi connectivity index (χ3n) is 2.79. The van der Waals surface area contributed by atoms with Crippen LogP contribution in [-0.4, -0.2) is 29.5 Å². The first kappa shape index (κ1) is 13.8. The number of aliphatic hydroxyl groups excluding tert-OH is 1. The largest absolute Gasteiger partial charge is 0.490 e. The van der Waals surface area contributed by atoms with Crippen LogP contribution in [0.2, 0.25) is 0 Å². The summed E-state index contributed by atoms with van der Waals surface area (Å²) in [6.45, 7) is 1.88. The number of rotatable bonds is 5. The van der Waals surface area contributed by atoms with Gasteiger partial charge in [-0.05, 0) is 24.4 Å². The third-order valence-corrected chi connectivity index (χ3v) is 3.03. The van der Waals surface area contributed by atoms with Crippen LogP contribution < -0.4 is 4.74 Å². The van der Waals surface area contributed by atoms with Crippen LogP contribution in [0.1, 0.15) is 17.3 Å². The van der Waals surface area contributed by atoms with Gasteiger partial charge in [0, 0.05) is 10.9 Å². The number of hydrogen-bond acceptors (Lipinski definition) is 3. The Morgan fingerprint density at radius 1 is 1.26 bits per heavy atom. The molecular weight excluding hydrogens is 264 g/mol. The van der Waals surface area contributed by atoms with Crippen LogP contribution in [0.4, 0.5) is 0 Å². The molecule has 100 valence electrons. The summed E-state index contributed by atoms with van der Waals surface area (Å²) in [4.78, 5) is 11.8. The van der Waals surface area contributed by atoms with Crippen molar-refractivity contribution in [1.82, 2.24) is 0 Å². The number of hydrogen-bond donors (Lipinski definition) is 1. The molecule has 0 radical (unpaired) electrons. The van der Waals surface area contributed by atoms with Crippen molar-refractivity contribution >= 4 is 28.2 Å². The Morgan fingerprint density at radius 3 is 2.58 bits per heavy atom. The summed E-state index contributed by atoms with van der Waals surface area (Å²) in [7, 11) is 0. The average molecular weight is 279 g/mol. The predicted molar refractivity (Wildman–Crippen MR) is 76.2 cm³/mol. The summed E-state index contributed by atoms with van der Waals surface area (Å²) in [5, 5.41) is 10.9. The number of Topliss-reactive ketones (excluding diaryl/α,β-unsaturated/α-hetero) is 1. The monoisotopic (exact) mass is 278 g/mol. The van der Waals surface area contributed by atoms with E-state index in [1.165, 1.54) is 0 Å². The van der Waals surface area contributed by atoms with Gasteiger partial charge in [-0.15, -0.1) is 11.6 Å². The van der Waals surface area contributed by atoms with Gasteiger partial charge in [-0.3, -0.25) is 4.79 Å². The van der Waals surface area contributed by atoms with E-state index >= 15 is 0 Å². The summed E-state index contributed by atoms with van der Waals surface area (Å²) < 4.78 is 5.55. The average Bonchev–Trinajstić information content (AvgIpc) is 2.43. The number of ether oxygens (including phenoxy) is 1. The molecular formula is C15H15ClO3. The Morgan fingerprint density at radius 2 is 1.95 bits per heavy atom. The minimum atomic E-state index is -0.539. The number of carbonyl (C=O) groups excluding carboxylic acids is 1. The molecule has 0 aromatic heterocycles. The Balaban J connectivity index is 2.49. The van der Waals surface area contributed by atoms with Crippen molar-refractivity contribution in [3.05, 3.63) is 42.0 Å².